The number of carbonyl (C=O) groups is 1. The Bertz CT molecular complexity index is 63.9. The third-order valence-corrected chi connectivity index (χ3v) is 0.401. The van der Waals surface area contributed by atoms with Gasteiger partial charge in [-0.2, -0.15) is 0 Å². The Labute approximate surface area is 34.4 Å². The number of hydrogen-bond acceptors (Lipinski definition) is 2. The van der Waals surface area contributed by atoms with E-state index in [-0.39, 0.29) is 6.03 Å². The molecule has 0 bridgehead atoms. The zero-order valence-electron chi connectivity index (χ0n) is 2.89. The summed E-state index contributed by atoms with van der Waals surface area (Å²) >= 11 is 0. The summed E-state index contributed by atoms with van der Waals surface area (Å²) < 4.78 is 0. The maximum atomic E-state index is 9.86. The van der Waals surface area contributed by atoms with Crippen LogP contribution in [0.3, 0.4) is 0 Å². The Morgan fingerprint density at radius 3 is 2.83 bits per heavy atom. The maximum Gasteiger partial charge on any atom is 0.341 e. The van der Waals surface area contributed by atoms with Gasteiger partial charge in [0.25, 0.3) is 0 Å². The number of rotatable bonds is 0. The topological polar surface area (TPSA) is 50.4 Å². The summed E-state index contributed by atoms with van der Waals surface area (Å²) in [6.07, 6.45) is 0. The van der Waals surface area contributed by atoms with E-state index in [0.29, 0.717) is 0 Å². The summed E-state index contributed by atoms with van der Waals surface area (Å²) in [6, 6.07) is -0.324. The Morgan fingerprint density at radius 2 is 2.67 bits per heavy atom. The van der Waals surface area contributed by atoms with Crippen molar-refractivity contribution in [1.29, 1.82) is 0 Å². The lowest BCUT2D eigenvalue weighted by atomic mass is 11.0. The molecule has 0 unspecified atom stereocenters. The van der Waals surface area contributed by atoms with Crippen LogP contribution in [0.5, 0.6) is 0 Å². The van der Waals surface area contributed by atoms with Crippen molar-refractivity contribution < 1.29 is 9.63 Å². The second-order valence-corrected chi connectivity index (χ2v) is 0.811. The van der Waals surface area contributed by atoms with Gasteiger partial charge in [-0.1, -0.05) is 0 Å². The zero-order valence-corrected chi connectivity index (χ0v) is 2.89. The van der Waals surface area contributed by atoms with Crippen LogP contribution in [0.2, 0.25) is 0 Å². The van der Waals surface area contributed by atoms with Crippen LogP contribution in [0, 0.1) is 6.73 Å². The molecular weight excluding hydrogens is 84.0 g/mol. The predicted molar refractivity (Wildman–Crippen MR) is 17.1 cm³/mol. The van der Waals surface area contributed by atoms with E-state index in [1.54, 1.807) is 0 Å². The first kappa shape index (κ1) is 3.42. The molecule has 2 amide bonds. The molecule has 0 atom stereocenters. The number of urea groups is 1. The van der Waals surface area contributed by atoms with Crippen molar-refractivity contribution in [3.05, 3.63) is 6.73 Å². The molecule has 2 N–H and O–H groups in total. The summed E-state index contributed by atoms with van der Waals surface area (Å²) in [5, 5.41) is 2.22. The van der Waals surface area contributed by atoms with Crippen molar-refractivity contribution in [2.45, 2.75) is 0 Å². The third-order valence-electron chi connectivity index (χ3n) is 0.401. The fourth-order valence-corrected chi connectivity index (χ4v) is 0.195. The molecule has 1 fully saturated rings. The quantitative estimate of drug-likeness (QED) is 0.412. The smallest absolute Gasteiger partial charge is 0.305 e. The van der Waals surface area contributed by atoms with Crippen LogP contribution in [0.4, 0.5) is 4.79 Å². The monoisotopic (exact) mass is 87.0 g/mol. The molecule has 6 heavy (non-hydrogen) atoms. The summed E-state index contributed by atoms with van der Waals surface area (Å²) in [6.45, 7) is 1.17. The van der Waals surface area contributed by atoms with Crippen molar-refractivity contribution in [3.8, 4) is 0 Å². The second kappa shape index (κ2) is 1.14. The largest absolute Gasteiger partial charge is 0.341 e. The molecule has 4 nitrogen and oxygen atoms in total. The average Bonchev–Trinajstić information content (AvgIpc) is 1.86. The lowest BCUT2D eigenvalue weighted by Gasteiger charge is -1.77. The van der Waals surface area contributed by atoms with Crippen LogP contribution < -0.4 is 10.8 Å². The number of hydroxylamine groups is 1. The van der Waals surface area contributed by atoms with E-state index in [2.05, 4.69) is 10.2 Å². The summed E-state index contributed by atoms with van der Waals surface area (Å²) in [4.78, 5) is 14.1. The van der Waals surface area contributed by atoms with Gasteiger partial charge in [0, 0.05) is 0 Å². The average molecular weight is 87.1 g/mol. The Morgan fingerprint density at radius 1 is 1.83 bits per heavy atom. The van der Waals surface area contributed by atoms with Crippen molar-refractivity contribution in [1.82, 2.24) is 10.8 Å². The van der Waals surface area contributed by atoms with Crippen LogP contribution in [-0.4, -0.2) is 6.03 Å². The summed E-state index contributed by atoms with van der Waals surface area (Å²) in [5.41, 5.74) is 2.01. The lowest BCUT2D eigenvalue weighted by Crippen LogP contribution is -2.19. The van der Waals surface area contributed by atoms with E-state index < -0.39 is 0 Å². The molecular formula is C2H3N2O2. The first-order chi connectivity index (χ1) is 2.89. The Kier molecular flexibility index (Phi) is 0.648. The van der Waals surface area contributed by atoms with E-state index in [1.165, 1.54) is 6.73 Å². The first-order valence-electron chi connectivity index (χ1n) is 1.43. The van der Waals surface area contributed by atoms with E-state index in [4.69, 9.17) is 0 Å². The van der Waals surface area contributed by atoms with Gasteiger partial charge in [-0.05, 0) is 0 Å². The minimum atomic E-state index is -0.324. The summed E-state index contributed by atoms with van der Waals surface area (Å²) in [7, 11) is 0. The first-order valence-corrected chi connectivity index (χ1v) is 1.43. The van der Waals surface area contributed by atoms with E-state index in [0.717, 1.165) is 0 Å². The molecule has 4 heteroatoms. The van der Waals surface area contributed by atoms with Gasteiger partial charge in [0.15, 0.2) is 0 Å². The molecule has 0 aromatic rings. The van der Waals surface area contributed by atoms with Gasteiger partial charge in [-0.25, -0.2) is 15.1 Å². The number of nitrogens with one attached hydrogen (secondary N) is 2. The highest BCUT2D eigenvalue weighted by Gasteiger charge is 2.05. The van der Waals surface area contributed by atoms with Gasteiger partial charge in [-0.3, -0.25) is 0 Å². The van der Waals surface area contributed by atoms with Gasteiger partial charge in [0.2, 0.25) is 6.73 Å². The highest BCUT2D eigenvalue weighted by Crippen LogP contribution is 1.78. The molecule has 0 saturated carbocycles. The third kappa shape index (κ3) is 0.414. The van der Waals surface area contributed by atoms with Gasteiger partial charge >= 0.3 is 6.03 Å². The van der Waals surface area contributed by atoms with Crippen molar-refractivity contribution in [3.63, 3.8) is 0 Å². The van der Waals surface area contributed by atoms with Crippen LogP contribution in [-0.2, 0) is 4.84 Å². The Hall–Kier alpha value is -0.770. The molecule has 1 heterocycles. The van der Waals surface area contributed by atoms with E-state index in [9.17, 15) is 4.79 Å². The zero-order chi connectivity index (χ0) is 4.41. The van der Waals surface area contributed by atoms with Crippen molar-refractivity contribution in [2.24, 2.45) is 0 Å². The van der Waals surface area contributed by atoms with Gasteiger partial charge in [-0.15, -0.1) is 0 Å². The van der Waals surface area contributed by atoms with Crippen molar-refractivity contribution >= 4 is 6.03 Å². The van der Waals surface area contributed by atoms with E-state index >= 15 is 0 Å². The molecule has 0 aliphatic carbocycles. The minimum absolute atomic E-state index is 0.324. The molecule has 1 rings (SSSR count). The molecule has 0 spiro atoms. The predicted octanol–water partition coefficient (Wildman–Crippen LogP) is -0.650. The van der Waals surface area contributed by atoms with Crippen LogP contribution in [0.1, 0.15) is 0 Å². The number of amides is 2. The van der Waals surface area contributed by atoms with Gasteiger partial charge < -0.3 is 5.32 Å². The molecule has 1 radical (unpaired) electrons. The number of hydrogen-bond donors (Lipinski definition) is 2. The highest BCUT2D eigenvalue weighted by molar-refractivity contribution is 5.74. The maximum absolute atomic E-state index is 9.86. The molecule has 1 aliphatic rings. The fourth-order valence-electron chi connectivity index (χ4n) is 0.195. The normalized spacial score (nSPS) is 19.7. The standard InChI is InChI=1S/C2H3N2O2/c5-2-3-1-6-4-2/h1H,(H2,3,4,5). The van der Waals surface area contributed by atoms with Gasteiger partial charge in [0.1, 0.15) is 0 Å². The summed E-state index contributed by atoms with van der Waals surface area (Å²) in [5.74, 6) is 0. The van der Waals surface area contributed by atoms with Crippen LogP contribution in [0.15, 0.2) is 0 Å². The number of carbonyl (C=O) groups excluding carboxylic acids is 1. The molecule has 33 valence electrons. The van der Waals surface area contributed by atoms with Crippen molar-refractivity contribution in [2.75, 3.05) is 0 Å². The Balaban J connectivity index is 2.37. The van der Waals surface area contributed by atoms with Crippen LogP contribution in [0.25, 0.3) is 0 Å². The molecule has 0 aromatic carbocycles. The van der Waals surface area contributed by atoms with E-state index in [1.807, 2.05) is 5.48 Å². The molecule has 1 saturated heterocycles. The second-order valence-electron chi connectivity index (χ2n) is 0.811. The lowest BCUT2D eigenvalue weighted by molar-refractivity contribution is 0.151. The van der Waals surface area contributed by atoms with Crippen LogP contribution >= 0.6 is 0 Å². The SMILES string of the molecule is O=C1N[CH]ON1. The molecule has 0 aromatic heterocycles. The van der Waals surface area contributed by atoms with Gasteiger partial charge in [0.05, 0.1) is 0 Å². The molecule has 1 aliphatic heterocycles. The minimum Gasteiger partial charge on any atom is -0.305 e. The fraction of sp³-hybridized carbons (Fsp3) is 0. The highest BCUT2D eigenvalue weighted by atomic mass is 16.7.